The molecule has 14 nitrogen and oxygen atoms in total. The molecule has 0 aromatic carbocycles. The Kier molecular flexibility index (Phi) is 10.0. The standard InChI is InChI=1S/C36H56O14/c1-18-31(50-32-30(42)29(41)28(40)25(15-37)49-32)24(45-3)13-27(47-18)48-20-4-9-34(17-38)22-5-8-33(2)21(19-12-26(39)46-16-19)7-11-36(33,44)23(22)6-10-35(34,43)14-20/h12,18,20-25,27-32,37-38,40-44H,4-11,13-17H2,1-3H3/t18-,20+,21-,22+,23-,24+,25-,27+,28-,29+,30-,31-,32+,33-,34+,35?,36+/m1/s1. The molecule has 284 valence electrons. The van der Waals surface area contributed by atoms with Gasteiger partial charge < -0.3 is 64.2 Å². The van der Waals surface area contributed by atoms with Crippen LogP contribution in [-0.2, 0) is 33.2 Å². The summed E-state index contributed by atoms with van der Waals surface area (Å²) in [7, 11) is 1.52. The molecule has 14 heteroatoms. The SMILES string of the molecule is CO[C@H]1C[C@H](O[C@H]2CC[C@]3(CO)[C@H]4CC[C@]5(C)[C@@H](C6=CC(=O)OC6)CC[C@]5(O)[C@@H]4CCC3(O)C2)O[C@H](C)[C@H]1O[C@@H]1O[C@H](CO)[C@@H](O)[C@H](O)[C@H]1O. The van der Waals surface area contributed by atoms with Gasteiger partial charge in [-0.25, -0.2) is 4.79 Å². The zero-order valence-corrected chi connectivity index (χ0v) is 29.3. The van der Waals surface area contributed by atoms with E-state index in [1.807, 2.05) is 0 Å². The van der Waals surface area contributed by atoms with E-state index < -0.39 is 83.9 Å². The van der Waals surface area contributed by atoms with E-state index in [9.17, 15) is 40.5 Å². The fourth-order valence-corrected chi connectivity index (χ4v) is 11.7. The molecule has 6 fully saturated rings. The topological polar surface area (TPSA) is 214 Å². The van der Waals surface area contributed by atoms with E-state index in [0.29, 0.717) is 38.5 Å². The van der Waals surface area contributed by atoms with Crippen molar-refractivity contribution in [1.82, 2.24) is 0 Å². The van der Waals surface area contributed by atoms with Gasteiger partial charge in [-0.3, -0.25) is 0 Å². The number of rotatable bonds is 8. The van der Waals surface area contributed by atoms with Crippen molar-refractivity contribution in [3.05, 3.63) is 11.6 Å². The summed E-state index contributed by atoms with van der Waals surface area (Å²) in [5.41, 5.74) is -2.40. The summed E-state index contributed by atoms with van der Waals surface area (Å²) in [6.45, 7) is 3.45. The first-order chi connectivity index (χ1) is 23.7. The van der Waals surface area contributed by atoms with Crippen molar-refractivity contribution >= 4 is 5.97 Å². The van der Waals surface area contributed by atoms with E-state index in [1.54, 1.807) is 13.0 Å². The third-order valence-corrected chi connectivity index (χ3v) is 14.5. The van der Waals surface area contributed by atoms with Crippen LogP contribution in [0, 0.1) is 28.6 Å². The van der Waals surface area contributed by atoms with E-state index in [-0.39, 0.29) is 49.5 Å². The van der Waals surface area contributed by atoms with Crippen molar-refractivity contribution in [3.8, 4) is 0 Å². The Balaban J connectivity index is 1.01. The molecule has 7 rings (SSSR count). The molecule has 0 spiro atoms. The van der Waals surface area contributed by atoms with Gasteiger partial charge in [0.05, 0.1) is 42.7 Å². The van der Waals surface area contributed by atoms with Crippen LogP contribution in [0.2, 0.25) is 0 Å². The number of ether oxygens (including phenoxy) is 6. The molecule has 1 unspecified atom stereocenters. The molecule has 3 heterocycles. The molecule has 0 aromatic heterocycles. The number of aliphatic hydroxyl groups is 7. The van der Waals surface area contributed by atoms with Gasteiger partial charge in [0.2, 0.25) is 0 Å². The third kappa shape index (κ3) is 5.63. The fraction of sp³-hybridized carbons (Fsp3) is 0.917. The summed E-state index contributed by atoms with van der Waals surface area (Å²) in [4.78, 5) is 11.9. The van der Waals surface area contributed by atoms with Gasteiger partial charge in [0, 0.05) is 36.9 Å². The van der Waals surface area contributed by atoms with Crippen LogP contribution in [0.3, 0.4) is 0 Å². The predicted molar refractivity (Wildman–Crippen MR) is 172 cm³/mol. The molecule has 0 bridgehead atoms. The normalized spacial score (nSPS) is 53.6. The lowest BCUT2D eigenvalue weighted by molar-refractivity contribution is -0.347. The Labute approximate surface area is 292 Å². The summed E-state index contributed by atoms with van der Waals surface area (Å²) < 4.78 is 35.3. The van der Waals surface area contributed by atoms with Crippen molar-refractivity contribution < 1.29 is 69.0 Å². The molecular formula is C36H56O14. The monoisotopic (exact) mass is 712 g/mol. The van der Waals surface area contributed by atoms with Gasteiger partial charge in [-0.2, -0.15) is 0 Å². The van der Waals surface area contributed by atoms with Crippen LogP contribution in [0.25, 0.3) is 0 Å². The number of aliphatic hydroxyl groups excluding tert-OH is 5. The van der Waals surface area contributed by atoms with Gasteiger partial charge in [0.15, 0.2) is 12.6 Å². The van der Waals surface area contributed by atoms with Crippen molar-refractivity contribution in [1.29, 1.82) is 0 Å². The van der Waals surface area contributed by atoms with E-state index in [0.717, 1.165) is 24.8 Å². The zero-order chi connectivity index (χ0) is 35.8. The number of hydrogen-bond donors (Lipinski definition) is 7. The molecule has 50 heavy (non-hydrogen) atoms. The molecule has 4 aliphatic carbocycles. The van der Waals surface area contributed by atoms with Crippen LogP contribution >= 0.6 is 0 Å². The Bertz CT molecular complexity index is 1300. The minimum Gasteiger partial charge on any atom is -0.458 e. The summed E-state index contributed by atoms with van der Waals surface area (Å²) in [6, 6.07) is 0. The molecule has 2 saturated heterocycles. The lowest BCUT2D eigenvalue weighted by Crippen LogP contribution is -2.69. The smallest absolute Gasteiger partial charge is 0.331 e. The van der Waals surface area contributed by atoms with Crippen LogP contribution < -0.4 is 0 Å². The first kappa shape index (κ1) is 37.1. The lowest BCUT2D eigenvalue weighted by Gasteiger charge is -2.66. The van der Waals surface area contributed by atoms with Gasteiger partial charge in [0.1, 0.15) is 37.1 Å². The van der Waals surface area contributed by atoms with Crippen LogP contribution in [0.5, 0.6) is 0 Å². The number of hydrogen-bond acceptors (Lipinski definition) is 14. The molecule has 4 saturated carbocycles. The highest BCUT2D eigenvalue weighted by atomic mass is 16.7. The number of cyclic esters (lactones) is 1. The van der Waals surface area contributed by atoms with Crippen LogP contribution in [0.15, 0.2) is 11.6 Å². The molecule has 0 aromatic rings. The summed E-state index contributed by atoms with van der Waals surface area (Å²) in [6.07, 6.45) is -2.73. The fourth-order valence-electron chi connectivity index (χ4n) is 11.7. The second kappa shape index (κ2) is 13.5. The second-order valence-corrected chi connectivity index (χ2v) is 16.5. The predicted octanol–water partition coefficient (Wildman–Crippen LogP) is 0.0509. The average molecular weight is 713 g/mol. The average Bonchev–Trinajstić information content (AvgIpc) is 3.64. The Morgan fingerprint density at radius 1 is 0.920 bits per heavy atom. The van der Waals surface area contributed by atoms with Gasteiger partial charge in [0.25, 0.3) is 0 Å². The number of carbonyl (C=O) groups is 1. The first-order valence-corrected chi connectivity index (χ1v) is 18.5. The number of fused-ring (bicyclic) bond motifs is 5. The van der Waals surface area contributed by atoms with Gasteiger partial charge in [-0.15, -0.1) is 0 Å². The van der Waals surface area contributed by atoms with E-state index >= 15 is 0 Å². The molecule has 7 aliphatic rings. The van der Waals surface area contributed by atoms with Crippen LogP contribution in [0.4, 0.5) is 0 Å². The zero-order valence-electron chi connectivity index (χ0n) is 29.3. The second-order valence-electron chi connectivity index (χ2n) is 16.5. The maximum absolute atomic E-state index is 12.5. The quantitative estimate of drug-likeness (QED) is 0.131. The maximum atomic E-state index is 12.5. The van der Waals surface area contributed by atoms with E-state index in [1.165, 1.54) is 7.11 Å². The van der Waals surface area contributed by atoms with Gasteiger partial charge in [-0.05, 0) is 81.6 Å². The van der Waals surface area contributed by atoms with Gasteiger partial charge >= 0.3 is 5.97 Å². The highest BCUT2D eigenvalue weighted by molar-refractivity contribution is 5.85. The Morgan fingerprint density at radius 3 is 2.36 bits per heavy atom. The van der Waals surface area contributed by atoms with Crippen LogP contribution in [0.1, 0.15) is 78.1 Å². The van der Waals surface area contributed by atoms with E-state index in [2.05, 4.69) is 6.92 Å². The highest BCUT2D eigenvalue weighted by Crippen LogP contribution is 2.70. The lowest BCUT2D eigenvalue weighted by atomic mass is 9.41. The number of esters is 1. The number of methoxy groups -OCH3 is 1. The van der Waals surface area contributed by atoms with Crippen molar-refractivity contribution in [2.45, 2.75) is 151 Å². The molecule has 0 amide bonds. The largest absolute Gasteiger partial charge is 0.458 e. The minimum absolute atomic E-state index is 0.0611. The first-order valence-electron chi connectivity index (χ1n) is 18.5. The summed E-state index contributed by atoms with van der Waals surface area (Å²) in [5, 5.41) is 76.5. The summed E-state index contributed by atoms with van der Waals surface area (Å²) in [5.74, 6) is -0.407. The molecule has 17 atom stereocenters. The van der Waals surface area contributed by atoms with Crippen molar-refractivity contribution in [2.75, 3.05) is 26.9 Å². The third-order valence-electron chi connectivity index (χ3n) is 14.5. The molecular weight excluding hydrogens is 656 g/mol. The Hall–Kier alpha value is -1.27. The van der Waals surface area contributed by atoms with Gasteiger partial charge in [-0.1, -0.05) is 6.92 Å². The van der Waals surface area contributed by atoms with E-state index in [4.69, 9.17) is 28.4 Å². The number of carbonyl (C=O) groups excluding carboxylic acids is 1. The maximum Gasteiger partial charge on any atom is 0.331 e. The highest BCUT2D eigenvalue weighted by Gasteiger charge is 2.71. The molecule has 0 radical (unpaired) electrons. The molecule has 7 N–H and O–H groups in total. The minimum atomic E-state index is -1.58. The van der Waals surface area contributed by atoms with Crippen molar-refractivity contribution in [2.24, 2.45) is 28.6 Å². The summed E-state index contributed by atoms with van der Waals surface area (Å²) >= 11 is 0. The van der Waals surface area contributed by atoms with Crippen LogP contribution in [-0.4, -0.2) is 141 Å². The Morgan fingerprint density at radius 2 is 1.68 bits per heavy atom. The molecule has 3 aliphatic heterocycles. The van der Waals surface area contributed by atoms with Crippen molar-refractivity contribution in [3.63, 3.8) is 0 Å².